The highest BCUT2D eigenvalue weighted by Crippen LogP contribution is 2.29. The van der Waals surface area contributed by atoms with Crippen molar-refractivity contribution in [2.75, 3.05) is 18.0 Å². The highest BCUT2D eigenvalue weighted by molar-refractivity contribution is 9.10. The van der Waals surface area contributed by atoms with Gasteiger partial charge in [0.2, 0.25) is 0 Å². The van der Waals surface area contributed by atoms with Crippen LogP contribution >= 0.6 is 15.9 Å². The van der Waals surface area contributed by atoms with E-state index in [2.05, 4.69) is 69.0 Å². The molecule has 3 heterocycles. The Morgan fingerprint density at radius 1 is 1.12 bits per heavy atom. The molecule has 0 saturated carbocycles. The third-order valence-corrected chi connectivity index (χ3v) is 4.33. The zero-order valence-electron chi connectivity index (χ0n) is 14.3. The first kappa shape index (κ1) is 17.1. The smallest absolute Gasteiger partial charge is 0.151 e. The summed E-state index contributed by atoms with van der Waals surface area (Å²) in [6.07, 6.45) is 1.63. The lowest BCUT2D eigenvalue weighted by atomic mass is 9.91. The zero-order chi connectivity index (χ0) is 17.5. The molecule has 6 nitrogen and oxygen atoms in total. The van der Waals surface area contributed by atoms with Crippen molar-refractivity contribution < 1.29 is 5.11 Å². The molecule has 1 saturated heterocycles. The number of nitrogens with one attached hydrogen (secondary N) is 1. The van der Waals surface area contributed by atoms with Crippen LogP contribution in [0.15, 0.2) is 28.9 Å². The van der Waals surface area contributed by atoms with E-state index in [1.165, 1.54) is 0 Å². The molecule has 0 atom stereocenters. The summed E-state index contributed by atoms with van der Waals surface area (Å²) >= 11 is 3.28. The quantitative estimate of drug-likeness (QED) is 0.819. The van der Waals surface area contributed by atoms with Gasteiger partial charge in [-0.25, -0.2) is 4.98 Å². The zero-order valence-corrected chi connectivity index (χ0v) is 15.9. The molecule has 0 aliphatic carbocycles. The lowest BCUT2D eigenvalue weighted by Crippen LogP contribution is -2.67. The Labute approximate surface area is 150 Å². The molecule has 2 N–H and O–H groups in total. The average Bonchev–Trinajstić information content (AvgIpc) is 2.44. The Hall–Kier alpha value is -1.73. The van der Waals surface area contributed by atoms with E-state index in [0.717, 1.165) is 23.4 Å². The van der Waals surface area contributed by atoms with Crippen molar-refractivity contribution in [1.29, 1.82) is 0 Å². The van der Waals surface area contributed by atoms with Crippen LogP contribution in [-0.2, 0) is 0 Å². The topological polar surface area (TPSA) is 74.2 Å². The van der Waals surface area contributed by atoms with Crippen LogP contribution in [0, 0.1) is 0 Å². The molecule has 0 aromatic carbocycles. The summed E-state index contributed by atoms with van der Waals surface area (Å²) in [6.45, 7) is 10.5. The minimum atomic E-state index is -0.00632. The van der Waals surface area contributed by atoms with Crippen molar-refractivity contribution in [3.63, 3.8) is 0 Å². The van der Waals surface area contributed by atoms with Crippen LogP contribution in [0.5, 0.6) is 5.75 Å². The van der Waals surface area contributed by atoms with E-state index in [9.17, 15) is 5.11 Å². The summed E-state index contributed by atoms with van der Waals surface area (Å²) in [5.74, 6) is 0.911. The van der Waals surface area contributed by atoms with Gasteiger partial charge in [0.05, 0.1) is 0 Å². The number of nitrogens with zero attached hydrogens (tertiary/aromatic N) is 4. The minimum absolute atomic E-state index is 0.00632. The summed E-state index contributed by atoms with van der Waals surface area (Å²) < 4.78 is 0.721. The molecule has 2 aromatic heterocycles. The Balaban J connectivity index is 1.87. The Morgan fingerprint density at radius 2 is 1.79 bits per heavy atom. The van der Waals surface area contributed by atoms with Gasteiger partial charge < -0.3 is 15.3 Å². The molecule has 1 fully saturated rings. The molecule has 0 bridgehead atoms. The van der Waals surface area contributed by atoms with E-state index in [-0.39, 0.29) is 16.8 Å². The largest absolute Gasteiger partial charge is 0.506 e. The molecule has 7 heteroatoms. The normalized spacial score (nSPS) is 19.3. The van der Waals surface area contributed by atoms with Gasteiger partial charge in [-0.05, 0) is 61.8 Å². The average molecular weight is 392 g/mol. The standard InChI is InChI=1S/C17H22BrN5O/c1-16(2)9-23(10-17(3,4)22-16)14-6-5-12(20-21-14)15-13(24)7-11(18)8-19-15/h5-8,22,24H,9-10H2,1-4H3. The number of rotatable bonds is 2. The summed E-state index contributed by atoms with van der Waals surface area (Å²) in [7, 11) is 0. The first-order chi connectivity index (χ1) is 11.2. The monoisotopic (exact) mass is 391 g/mol. The summed E-state index contributed by atoms with van der Waals surface area (Å²) in [5, 5.41) is 22.3. The fourth-order valence-electron chi connectivity index (χ4n) is 3.41. The van der Waals surface area contributed by atoms with Crippen molar-refractivity contribution in [3.8, 4) is 17.1 Å². The maximum absolute atomic E-state index is 10.0. The Kier molecular flexibility index (Phi) is 4.25. The van der Waals surface area contributed by atoms with Gasteiger partial charge in [-0.2, -0.15) is 0 Å². The van der Waals surface area contributed by atoms with Crippen LogP contribution in [0.1, 0.15) is 27.7 Å². The molecule has 3 rings (SSSR count). The van der Waals surface area contributed by atoms with Crippen molar-refractivity contribution in [2.45, 2.75) is 38.8 Å². The molecule has 1 aliphatic heterocycles. The predicted octanol–water partition coefficient (Wildman–Crippen LogP) is 2.97. The van der Waals surface area contributed by atoms with Crippen molar-refractivity contribution >= 4 is 21.7 Å². The molecule has 1 aliphatic rings. The lowest BCUT2D eigenvalue weighted by molar-refractivity contribution is 0.225. The number of aromatic hydroxyl groups is 1. The van der Waals surface area contributed by atoms with Crippen LogP contribution in [0.2, 0.25) is 0 Å². The van der Waals surface area contributed by atoms with E-state index in [1.54, 1.807) is 12.3 Å². The fourth-order valence-corrected chi connectivity index (χ4v) is 3.73. The van der Waals surface area contributed by atoms with Gasteiger partial charge in [0.25, 0.3) is 0 Å². The first-order valence-electron chi connectivity index (χ1n) is 7.88. The number of anilines is 1. The maximum Gasteiger partial charge on any atom is 0.151 e. The number of hydrogen-bond acceptors (Lipinski definition) is 6. The van der Waals surface area contributed by atoms with Gasteiger partial charge in [-0.1, -0.05) is 0 Å². The van der Waals surface area contributed by atoms with Crippen molar-refractivity contribution in [3.05, 3.63) is 28.9 Å². The molecular weight excluding hydrogens is 370 g/mol. The van der Waals surface area contributed by atoms with Gasteiger partial charge >= 0.3 is 0 Å². The molecule has 0 spiro atoms. The predicted molar refractivity (Wildman–Crippen MR) is 98.1 cm³/mol. The summed E-state index contributed by atoms with van der Waals surface area (Å²) in [5.41, 5.74) is 0.969. The summed E-state index contributed by atoms with van der Waals surface area (Å²) in [4.78, 5) is 6.45. The van der Waals surface area contributed by atoms with Crippen LogP contribution in [0.25, 0.3) is 11.4 Å². The van der Waals surface area contributed by atoms with Gasteiger partial charge in [-0.3, -0.25) is 0 Å². The molecule has 0 unspecified atom stereocenters. The Bertz CT molecular complexity index is 729. The van der Waals surface area contributed by atoms with Gasteiger partial charge in [0.1, 0.15) is 17.1 Å². The fraction of sp³-hybridized carbons (Fsp3) is 0.471. The third-order valence-electron chi connectivity index (χ3n) is 3.90. The SMILES string of the molecule is CC1(C)CN(c2ccc(-c3ncc(Br)cc3O)nn2)CC(C)(C)N1. The van der Waals surface area contributed by atoms with E-state index in [4.69, 9.17) is 0 Å². The van der Waals surface area contributed by atoms with E-state index in [0.29, 0.717) is 11.4 Å². The van der Waals surface area contributed by atoms with Gasteiger partial charge in [0.15, 0.2) is 5.82 Å². The molecule has 0 amide bonds. The number of halogens is 1. The highest BCUT2D eigenvalue weighted by atomic mass is 79.9. The van der Waals surface area contributed by atoms with Gasteiger partial charge in [0, 0.05) is 34.8 Å². The lowest BCUT2D eigenvalue weighted by Gasteiger charge is -2.48. The number of pyridine rings is 1. The molecule has 0 radical (unpaired) electrons. The minimum Gasteiger partial charge on any atom is -0.506 e. The number of hydrogen-bond donors (Lipinski definition) is 2. The van der Waals surface area contributed by atoms with Crippen molar-refractivity contribution in [2.24, 2.45) is 0 Å². The second-order valence-electron chi connectivity index (χ2n) is 7.55. The molecule has 2 aromatic rings. The molecule has 128 valence electrons. The van der Waals surface area contributed by atoms with Crippen LogP contribution in [0.4, 0.5) is 5.82 Å². The third kappa shape index (κ3) is 3.67. The van der Waals surface area contributed by atoms with Crippen molar-refractivity contribution in [1.82, 2.24) is 20.5 Å². The van der Waals surface area contributed by atoms with Gasteiger partial charge in [-0.15, -0.1) is 10.2 Å². The highest BCUT2D eigenvalue weighted by Gasteiger charge is 2.37. The van der Waals surface area contributed by atoms with Crippen LogP contribution in [-0.4, -0.2) is 44.5 Å². The summed E-state index contributed by atoms with van der Waals surface area (Å²) in [6, 6.07) is 5.38. The Morgan fingerprint density at radius 3 is 2.33 bits per heavy atom. The number of piperazine rings is 1. The number of aromatic nitrogens is 3. The second kappa shape index (κ2) is 5.97. The van der Waals surface area contributed by atoms with E-state index < -0.39 is 0 Å². The maximum atomic E-state index is 10.0. The van der Waals surface area contributed by atoms with Crippen LogP contribution < -0.4 is 10.2 Å². The molecule has 24 heavy (non-hydrogen) atoms. The van der Waals surface area contributed by atoms with E-state index in [1.807, 2.05) is 12.1 Å². The first-order valence-corrected chi connectivity index (χ1v) is 8.67. The second-order valence-corrected chi connectivity index (χ2v) is 8.46. The van der Waals surface area contributed by atoms with E-state index >= 15 is 0 Å². The van der Waals surface area contributed by atoms with Crippen LogP contribution in [0.3, 0.4) is 0 Å². The molecular formula is C17H22BrN5O.